The number of nitrogens with zero attached hydrogens (tertiary/aromatic N) is 3. The largest absolute Gasteiger partial charge is 0.477 e. The highest BCUT2D eigenvalue weighted by molar-refractivity contribution is 5.79. The summed E-state index contributed by atoms with van der Waals surface area (Å²) in [5.74, 6) is 2.04. The Balaban J connectivity index is 1.88. The fourth-order valence-electron chi connectivity index (χ4n) is 3.18. The maximum absolute atomic E-state index is 5.73. The third-order valence-electron chi connectivity index (χ3n) is 4.73. The molecule has 1 saturated heterocycles. The van der Waals surface area contributed by atoms with E-state index in [0.717, 1.165) is 50.8 Å². The number of hydrogen-bond acceptors (Lipinski definition) is 5. The minimum atomic E-state index is 0.453. The van der Waals surface area contributed by atoms with Crippen LogP contribution in [0, 0.1) is 5.92 Å². The van der Waals surface area contributed by atoms with Crippen molar-refractivity contribution in [1.82, 2.24) is 20.5 Å². The number of nitrogens with one attached hydrogen (secondary N) is 2. The first-order valence-electron chi connectivity index (χ1n) is 9.98. The number of pyridine rings is 1. The number of guanidine groups is 1. The molecule has 1 aromatic rings. The van der Waals surface area contributed by atoms with Gasteiger partial charge in [0.15, 0.2) is 5.96 Å². The van der Waals surface area contributed by atoms with Gasteiger partial charge in [0.05, 0.1) is 19.8 Å². The molecule has 0 bridgehead atoms. The Labute approximate surface area is 163 Å². The Morgan fingerprint density at radius 2 is 2.11 bits per heavy atom. The van der Waals surface area contributed by atoms with Crippen LogP contribution in [0.5, 0.6) is 5.88 Å². The smallest absolute Gasteiger partial charge is 0.218 e. The topological polar surface area (TPSA) is 71.0 Å². The molecule has 1 aromatic heterocycles. The summed E-state index contributed by atoms with van der Waals surface area (Å²) in [7, 11) is 1.80. The van der Waals surface area contributed by atoms with Crippen LogP contribution >= 0.6 is 0 Å². The maximum Gasteiger partial charge on any atom is 0.218 e. The van der Waals surface area contributed by atoms with E-state index in [4.69, 9.17) is 9.47 Å². The van der Waals surface area contributed by atoms with Crippen LogP contribution < -0.4 is 15.4 Å². The molecule has 2 rings (SSSR count). The molecular weight excluding hydrogens is 342 g/mol. The van der Waals surface area contributed by atoms with Gasteiger partial charge < -0.3 is 20.1 Å². The van der Waals surface area contributed by atoms with Crippen LogP contribution in [0.15, 0.2) is 23.3 Å². The molecule has 0 aromatic carbocycles. The lowest BCUT2D eigenvalue weighted by Crippen LogP contribution is -2.52. The third-order valence-corrected chi connectivity index (χ3v) is 4.73. The number of aliphatic imine (C=N–C) groups is 1. The van der Waals surface area contributed by atoms with Crippen molar-refractivity contribution in [1.29, 1.82) is 0 Å². The highest BCUT2D eigenvalue weighted by atomic mass is 16.5. The lowest BCUT2D eigenvalue weighted by atomic mass is 10.0. The van der Waals surface area contributed by atoms with E-state index >= 15 is 0 Å². The normalized spacial score (nSPS) is 17.0. The van der Waals surface area contributed by atoms with E-state index in [-0.39, 0.29) is 0 Å². The van der Waals surface area contributed by atoms with E-state index in [1.807, 2.05) is 12.1 Å². The Hall–Kier alpha value is -1.86. The van der Waals surface area contributed by atoms with E-state index in [9.17, 15) is 0 Å². The zero-order chi connectivity index (χ0) is 19.5. The van der Waals surface area contributed by atoms with Crippen LogP contribution in [0.4, 0.5) is 0 Å². The SMILES string of the molecule is CCCOc1ncccc1CNC(=NC)NCC(C(C)C)N1CCOCC1. The fourth-order valence-corrected chi connectivity index (χ4v) is 3.18. The predicted molar refractivity (Wildman–Crippen MR) is 109 cm³/mol. The van der Waals surface area contributed by atoms with Gasteiger partial charge in [0.25, 0.3) is 0 Å². The monoisotopic (exact) mass is 377 g/mol. The van der Waals surface area contributed by atoms with Gasteiger partial charge in [0, 0.05) is 51.0 Å². The van der Waals surface area contributed by atoms with E-state index < -0.39 is 0 Å². The summed E-state index contributed by atoms with van der Waals surface area (Å²) in [4.78, 5) is 11.2. The summed E-state index contributed by atoms with van der Waals surface area (Å²) in [6, 6.07) is 4.41. The summed E-state index contributed by atoms with van der Waals surface area (Å²) < 4.78 is 11.2. The first-order chi connectivity index (χ1) is 13.2. The summed E-state index contributed by atoms with van der Waals surface area (Å²) in [6.07, 6.45) is 2.72. The molecule has 7 nitrogen and oxygen atoms in total. The van der Waals surface area contributed by atoms with Crippen molar-refractivity contribution in [2.75, 3.05) is 46.5 Å². The van der Waals surface area contributed by atoms with Gasteiger partial charge in [-0.2, -0.15) is 0 Å². The van der Waals surface area contributed by atoms with Crippen LogP contribution in [-0.2, 0) is 11.3 Å². The van der Waals surface area contributed by atoms with Crippen LogP contribution in [0.1, 0.15) is 32.8 Å². The van der Waals surface area contributed by atoms with Crippen LogP contribution in [0.3, 0.4) is 0 Å². The van der Waals surface area contributed by atoms with Gasteiger partial charge in [-0.05, 0) is 18.4 Å². The highest BCUT2D eigenvalue weighted by Gasteiger charge is 2.23. The molecule has 0 aliphatic carbocycles. The lowest BCUT2D eigenvalue weighted by Gasteiger charge is -2.37. The molecule has 1 fully saturated rings. The Kier molecular flexibility index (Phi) is 9.35. The maximum atomic E-state index is 5.73. The van der Waals surface area contributed by atoms with Gasteiger partial charge in [-0.25, -0.2) is 4.98 Å². The first kappa shape index (κ1) is 21.4. The van der Waals surface area contributed by atoms with E-state index in [1.165, 1.54) is 0 Å². The standard InChI is InChI=1S/C20H35N5O2/c1-5-11-27-19-17(7-6-8-22-19)14-23-20(21-4)24-15-18(16(2)3)25-9-12-26-13-10-25/h6-8,16,18H,5,9-15H2,1-4H3,(H2,21,23,24). The van der Waals surface area contributed by atoms with Gasteiger partial charge in [-0.1, -0.05) is 26.8 Å². The van der Waals surface area contributed by atoms with Crippen LogP contribution in [-0.4, -0.2) is 68.4 Å². The molecule has 7 heteroatoms. The van der Waals surface area contributed by atoms with Gasteiger partial charge in [0.2, 0.25) is 5.88 Å². The summed E-state index contributed by atoms with van der Waals surface area (Å²) in [6.45, 7) is 12.4. The number of rotatable bonds is 9. The zero-order valence-electron chi connectivity index (χ0n) is 17.2. The van der Waals surface area contributed by atoms with Crippen molar-refractivity contribution >= 4 is 5.96 Å². The van der Waals surface area contributed by atoms with E-state index in [1.54, 1.807) is 13.2 Å². The van der Waals surface area contributed by atoms with Crippen molar-refractivity contribution in [2.45, 2.75) is 39.8 Å². The highest BCUT2D eigenvalue weighted by Crippen LogP contribution is 2.14. The van der Waals surface area contributed by atoms with Gasteiger partial charge >= 0.3 is 0 Å². The van der Waals surface area contributed by atoms with Gasteiger partial charge in [0.1, 0.15) is 0 Å². The molecule has 2 N–H and O–H groups in total. The first-order valence-corrected chi connectivity index (χ1v) is 9.98. The number of morpholine rings is 1. The molecule has 0 saturated carbocycles. The Bertz CT molecular complexity index is 573. The molecule has 0 spiro atoms. The van der Waals surface area contributed by atoms with E-state index in [2.05, 4.69) is 46.3 Å². The van der Waals surface area contributed by atoms with Crippen molar-refractivity contribution in [3.63, 3.8) is 0 Å². The summed E-state index contributed by atoms with van der Waals surface area (Å²) in [5, 5.41) is 6.85. The summed E-state index contributed by atoms with van der Waals surface area (Å²) >= 11 is 0. The lowest BCUT2D eigenvalue weighted by molar-refractivity contribution is 0.00752. The molecule has 1 unspecified atom stereocenters. The number of aromatic nitrogens is 1. The van der Waals surface area contributed by atoms with E-state index in [0.29, 0.717) is 31.0 Å². The average Bonchev–Trinajstić information content (AvgIpc) is 2.70. The van der Waals surface area contributed by atoms with Crippen molar-refractivity contribution < 1.29 is 9.47 Å². The quantitative estimate of drug-likeness (QED) is 0.506. The molecule has 1 aliphatic heterocycles. The molecule has 152 valence electrons. The second kappa shape index (κ2) is 11.8. The van der Waals surface area contributed by atoms with Gasteiger partial charge in [-0.15, -0.1) is 0 Å². The molecule has 1 atom stereocenters. The van der Waals surface area contributed by atoms with Crippen LogP contribution in [0.2, 0.25) is 0 Å². The minimum Gasteiger partial charge on any atom is -0.477 e. The summed E-state index contributed by atoms with van der Waals surface area (Å²) in [5.41, 5.74) is 1.03. The number of ether oxygens (including phenoxy) is 2. The van der Waals surface area contributed by atoms with Crippen molar-refractivity contribution in [3.8, 4) is 5.88 Å². The van der Waals surface area contributed by atoms with Crippen LogP contribution in [0.25, 0.3) is 0 Å². The molecule has 1 aliphatic rings. The van der Waals surface area contributed by atoms with Crippen molar-refractivity contribution in [3.05, 3.63) is 23.9 Å². The Morgan fingerprint density at radius 1 is 1.33 bits per heavy atom. The second-order valence-electron chi connectivity index (χ2n) is 7.08. The number of hydrogen-bond donors (Lipinski definition) is 2. The Morgan fingerprint density at radius 3 is 2.78 bits per heavy atom. The van der Waals surface area contributed by atoms with Crippen molar-refractivity contribution in [2.24, 2.45) is 10.9 Å². The average molecular weight is 378 g/mol. The third kappa shape index (κ3) is 6.99. The molecule has 27 heavy (non-hydrogen) atoms. The predicted octanol–water partition coefficient (Wildman–Crippen LogP) is 1.89. The fraction of sp³-hybridized carbons (Fsp3) is 0.700. The van der Waals surface area contributed by atoms with Gasteiger partial charge in [-0.3, -0.25) is 9.89 Å². The minimum absolute atomic E-state index is 0.453. The molecule has 0 radical (unpaired) electrons. The molecule has 2 heterocycles. The molecular formula is C20H35N5O2. The zero-order valence-corrected chi connectivity index (χ0v) is 17.2. The molecule has 0 amide bonds. The second-order valence-corrected chi connectivity index (χ2v) is 7.08.